The van der Waals surface area contributed by atoms with Crippen molar-refractivity contribution in [2.75, 3.05) is 13.1 Å². The molecule has 3 heterocycles. The van der Waals surface area contributed by atoms with Crippen molar-refractivity contribution in [1.82, 2.24) is 19.7 Å². The molecule has 3 aromatic rings. The zero-order chi connectivity index (χ0) is 18.1. The molecule has 5 nitrogen and oxygen atoms in total. The zero-order valence-electron chi connectivity index (χ0n) is 14.5. The van der Waals surface area contributed by atoms with Crippen molar-refractivity contribution in [3.05, 3.63) is 70.6 Å². The highest BCUT2D eigenvalue weighted by molar-refractivity contribution is 6.30. The van der Waals surface area contributed by atoms with E-state index in [-0.39, 0.29) is 5.91 Å². The number of halogens is 1. The van der Waals surface area contributed by atoms with Crippen molar-refractivity contribution in [3.63, 3.8) is 0 Å². The number of hydrogen-bond acceptors (Lipinski definition) is 3. The Labute approximate surface area is 157 Å². The Morgan fingerprint density at radius 1 is 1.12 bits per heavy atom. The molecule has 0 saturated heterocycles. The van der Waals surface area contributed by atoms with Crippen LogP contribution in [0.4, 0.5) is 0 Å². The van der Waals surface area contributed by atoms with E-state index in [0.717, 1.165) is 24.1 Å². The Morgan fingerprint density at radius 3 is 2.65 bits per heavy atom. The van der Waals surface area contributed by atoms with E-state index in [0.29, 0.717) is 23.7 Å². The van der Waals surface area contributed by atoms with E-state index in [1.807, 2.05) is 34.8 Å². The SMILES string of the molecule is Cn1nc(-c2ccccc2)c2c1CCN(C(=O)c1cncc(Cl)c1)CC2. The summed E-state index contributed by atoms with van der Waals surface area (Å²) in [6.07, 6.45) is 4.68. The maximum atomic E-state index is 12.8. The van der Waals surface area contributed by atoms with Gasteiger partial charge in [-0.25, -0.2) is 0 Å². The first-order valence-corrected chi connectivity index (χ1v) is 9.01. The maximum Gasteiger partial charge on any atom is 0.255 e. The van der Waals surface area contributed by atoms with E-state index in [4.69, 9.17) is 16.7 Å². The van der Waals surface area contributed by atoms with Crippen LogP contribution in [0.2, 0.25) is 5.02 Å². The van der Waals surface area contributed by atoms with Crippen LogP contribution in [0, 0.1) is 0 Å². The molecule has 0 radical (unpaired) electrons. The minimum Gasteiger partial charge on any atom is -0.338 e. The minimum absolute atomic E-state index is 0.0259. The number of benzene rings is 1. The number of aryl methyl sites for hydroxylation is 1. The Bertz CT molecular complexity index is 952. The highest BCUT2D eigenvalue weighted by atomic mass is 35.5. The Hall–Kier alpha value is -2.66. The van der Waals surface area contributed by atoms with Gasteiger partial charge in [0.25, 0.3) is 5.91 Å². The summed E-state index contributed by atoms with van der Waals surface area (Å²) < 4.78 is 1.95. The molecule has 0 saturated carbocycles. The van der Waals surface area contributed by atoms with Gasteiger partial charge in [-0.3, -0.25) is 14.5 Å². The lowest BCUT2D eigenvalue weighted by Gasteiger charge is -2.20. The van der Waals surface area contributed by atoms with Crippen molar-refractivity contribution < 1.29 is 4.79 Å². The van der Waals surface area contributed by atoms with Gasteiger partial charge in [0.1, 0.15) is 0 Å². The number of rotatable bonds is 2. The molecular formula is C20H19ClN4O. The topological polar surface area (TPSA) is 51.0 Å². The second-order valence-electron chi connectivity index (χ2n) is 6.45. The molecule has 0 bridgehead atoms. The van der Waals surface area contributed by atoms with Crippen LogP contribution in [0.1, 0.15) is 21.6 Å². The van der Waals surface area contributed by atoms with Crippen LogP contribution in [0.5, 0.6) is 0 Å². The van der Waals surface area contributed by atoms with Gasteiger partial charge in [-0.05, 0) is 12.5 Å². The quantitative estimate of drug-likeness (QED) is 0.698. The van der Waals surface area contributed by atoms with Crippen LogP contribution in [0.3, 0.4) is 0 Å². The number of hydrogen-bond donors (Lipinski definition) is 0. The summed E-state index contributed by atoms with van der Waals surface area (Å²) in [7, 11) is 1.98. The molecule has 1 aliphatic rings. The second kappa shape index (κ2) is 6.92. The van der Waals surface area contributed by atoms with Crippen LogP contribution in [0.25, 0.3) is 11.3 Å². The summed E-state index contributed by atoms with van der Waals surface area (Å²) in [6.45, 7) is 1.32. The molecule has 1 aromatic carbocycles. The molecule has 6 heteroatoms. The van der Waals surface area contributed by atoms with E-state index in [1.54, 1.807) is 12.3 Å². The Balaban J connectivity index is 1.61. The van der Waals surface area contributed by atoms with Gasteiger partial charge in [-0.15, -0.1) is 0 Å². The van der Waals surface area contributed by atoms with E-state index >= 15 is 0 Å². The molecule has 0 atom stereocenters. The molecule has 26 heavy (non-hydrogen) atoms. The van der Waals surface area contributed by atoms with Gasteiger partial charge in [-0.2, -0.15) is 5.10 Å². The first-order chi connectivity index (χ1) is 12.6. The largest absolute Gasteiger partial charge is 0.338 e. The van der Waals surface area contributed by atoms with Gasteiger partial charge in [0, 0.05) is 55.8 Å². The minimum atomic E-state index is -0.0259. The molecule has 132 valence electrons. The molecule has 2 aromatic heterocycles. The summed E-state index contributed by atoms with van der Waals surface area (Å²) in [6, 6.07) is 11.9. The third-order valence-electron chi connectivity index (χ3n) is 4.81. The van der Waals surface area contributed by atoms with Gasteiger partial charge in [0.05, 0.1) is 16.3 Å². The highest BCUT2D eigenvalue weighted by Gasteiger charge is 2.25. The summed E-state index contributed by atoms with van der Waals surface area (Å²) in [5.74, 6) is -0.0259. The second-order valence-corrected chi connectivity index (χ2v) is 6.88. The Kier molecular flexibility index (Phi) is 4.47. The summed E-state index contributed by atoms with van der Waals surface area (Å²) in [5, 5.41) is 5.21. The van der Waals surface area contributed by atoms with Crippen molar-refractivity contribution >= 4 is 17.5 Å². The number of pyridine rings is 1. The first-order valence-electron chi connectivity index (χ1n) is 8.63. The fourth-order valence-electron chi connectivity index (χ4n) is 3.52. The van der Waals surface area contributed by atoms with Crippen molar-refractivity contribution in [1.29, 1.82) is 0 Å². The average Bonchev–Trinajstić information content (AvgIpc) is 2.83. The standard InChI is InChI=1S/C20H19ClN4O/c1-24-18-8-10-25(20(26)15-11-16(21)13-22-12-15)9-7-17(18)19(23-24)14-5-3-2-4-6-14/h2-6,11-13H,7-10H2,1H3. The molecular weight excluding hydrogens is 348 g/mol. The smallest absolute Gasteiger partial charge is 0.255 e. The lowest BCUT2D eigenvalue weighted by atomic mass is 10.0. The van der Waals surface area contributed by atoms with Crippen molar-refractivity contribution in [2.24, 2.45) is 7.05 Å². The summed E-state index contributed by atoms with van der Waals surface area (Å²) >= 11 is 5.98. The fraction of sp³-hybridized carbons (Fsp3) is 0.250. The van der Waals surface area contributed by atoms with Crippen LogP contribution < -0.4 is 0 Å². The predicted molar refractivity (Wildman–Crippen MR) is 101 cm³/mol. The van der Waals surface area contributed by atoms with Crippen molar-refractivity contribution in [2.45, 2.75) is 12.8 Å². The first kappa shape index (κ1) is 16.8. The molecule has 4 rings (SSSR count). The van der Waals surface area contributed by atoms with Crippen molar-refractivity contribution in [3.8, 4) is 11.3 Å². The molecule has 0 aliphatic carbocycles. The number of carbonyl (C=O) groups excluding carboxylic acids is 1. The van der Waals surface area contributed by atoms with Crippen LogP contribution in [-0.2, 0) is 19.9 Å². The fourth-order valence-corrected chi connectivity index (χ4v) is 3.69. The maximum absolute atomic E-state index is 12.8. The lowest BCUT2D eigenvalue weighted by molar-refractivity contribution is 0.0762. The monoisotopic (exact) mass is 366 g/mol. The molecule has 0 spiro atoms. The van der Waals surface area contributed by atoms with Gasteiger partial charge < -0.3 is 4.90 Å². The predicted octanol–water partition coefficient (Wildman–Crippen LogP) is 3.38. The zero-order valence-corrected chi connectivity index (χ0v) is 15.3. The molecule has 1 amide bonds. The number of fused-ring (bicyclic) bond motifs is 1. The molecule has 0 fully saturated rings. The summed E-state index contributed by atoms with van der Waals surface area (Å²) in [4.78, 5) is 18.7. The van der Waals surface area contributed by atoms with Gasteiger partial charge >= 0.3 is 0 Å². The lowest BCUT2D eigenvalue weighted by Crippen LogP contribution is -2.33. The molecule has 0 N–H and O–H groups in total. The number of nitrogens with zero attached hydrogens (tertiary/aromatic N) is 4. The van der Waals surface area contributed by atoms with Gasteiger partial charge in [0.2, 0.25) is 0 Å². The van der Waals surface area contributed by atoms with Crippen LogP contribution in [-0.4, -0.2) is 38.7 Å². The third-order valence-corrected chi connectivity index (χ3v) is 5.02. The van der Waals surface area contributed by atoms with Crippen LogP contribution in [0.15, 0.2) is 48.8 Å². The van der Waals surface area contributed by atoms with E-state index in [1.165, 1.54) is 17.5 Å². The normalized spacial score (nSPS) is 14.0. The average molecular weight is 367 g/mol. The van der Waals surface area contributed by atoms with Gasteiger partial charge in [-0.1, -0.05) is 41.9 Å². The number of aromatic nitrogens is 3. The number of amides is 1. The molecule has 1 aliphatic heterocycles. The third kappa shape index (κ3) is 3.10. The van der Waals surface area contributed by atoms with Gasteiger partial charge in [0.15, 0.2) is 0 Å². The highest BCUT2D eigenvalue weighted by Crippen LogP contribution is 2.28. The van der Waals surface area contributed by atoms with Crippen LogP contribution >= 0.6 is 11.6 Å². The number of carbonyl (C=O) groups is 1. The van der Waals surface area contributed by atoms with E-state index in [9.17, 15) is 4.79 Å². The van der Waals surface area contributed by atoms with E-state index in [2.05, 4.69) is 17.1 Å². The summed E-state index contributed by atoms with van der Waals surface area (Å²) in [5.41, 5.74) is 5.09. The Morgan fingerprint density at radius 2 is 1.88 bits per heavy atom. The molecule has 0 unspecified atom stereocenters. The van der Waals surface area contributed by atoms with E-state index < -0.39 is 0 Å².